The minimum atomic E-state index is -0.825. The van der Waals surface area contributed by atoms with Crippen LogP contribution in [0.5, 0.6) is 17.2 Å². The molecule has 4 aliphatic rings. The Morgan fingerprint density at radius 2 is 1.54 bits per heavy atom. The molecule has 0 N–H and O–H groups in total. The summed E-state index contributed by atoms with van der Waals surface area (Å²) in [7, 11) is 0. The fourth-order valence-corrected chi connectivity index (χ4v) is 8.14. The smallest absolute Gasteiger partial charge is 0.370 e. The molecule has 9 nitrogen and oxygen atoms in total. The molecule has 0 atom stereocenters. The number of rotatable bonds is 7. The Labute approximate surface area is 292 Å². The van der Waals surface area contributed by atoms with Crippen molar-refractivity contribution in [1.82, 2.24) is 9.64 Å². The van der Waals surface area contributed by atoms with Crippen LogP contribution in [0.3, 0.4) is 0 Å². The molecule has 1 saturated heterocycles. The minimum absolute atomic E-state index is 0.0333. The topological polar surface area (TPSA) is 88.4 Å². The van der Waals surface area contributed by atoms with E-state index in [4.69, 9.17) is 14.3 Å². The molecule has 0 saturated carbocycles. The van der Waals surface area contributed by atoms with E-state index in [0.717, 1.165) is 57.6 Å². The maximum atomic E-state index is 12.4. The van der Waals surface area contributed by atoms with Gasteiger partial charge in [-0.25, -0.2) is 9.37 Å². The van der Waals surface area contributed by atoms with Gasteiger partial charge in [-0.2, -0.15) is 0 Å². The first-order valence-electron chi connectivity index (χ1n) is 17.4. The summed E-state index contributed by atoms with van der Waals surface area (Å²) in [6.07, 6.45) is 4.73. The average Bonchev–Trinajstić information content (AvgIpc) is 3.37. The van der Waals surface area contributed by atoms with Gasteiger partial charge in [0.25, 0.3) is 11.8 Å². The molecule has 3 aromatic rings. The lowest BCUT2D eigenvalue weighted by molar-refractivity contribution is -0.198. The first-order chi connectivity index (χ1) is 23.7. The summed E-state index contributed by atoms with van der Waals surface area (Å²) in [5, 5.41) is 2.68. The number of anilines is 1. The molecule has 4 heterocycles. The molecule has 7 rings (SSSR count). The lowest BCUT2D eigenvalue weighted by atomic mass is 9.84. The van der Waals surface area contributed by atoms with Gasteiger partial charge in [-0.1, -0.05) is 18.2 Å². The van der Waals surface area contributed by atoms with Crippen LogP contribution in [0.2, 0.25) is 0 Å². The first kappa shape index (κ1) is 33.3. The van der Waals surface area contributed by atoms with E-state index in [2.05, 4.69) is 101 Å². The van der Waals surface area contributed by atoms with Crippen LogP contribution in [0.4, 0.5) is 5.69 Å². The molecule has 0 bridgehead atoms. The number of amides is 2. The summed E-state index contributed by atoms with van der Waals surface area (Å²) in [4.78, 5) is 43.4. The molecule has 4 aliphatic heterocycles. The van der Waals surface area contributed by atoms with Crippen LogP contribution in [-0.2, 0) is 19.2 Å². The van der Waals surface area contributed by atoms with Crippen LogP contribution in [0.1, 0.15) is 90.5 Å². The number of likely N-dealkylation sites (N-methyl/N-ethyl adjacent to an activating group) is 2. The summed E-state index contributed by atoms with van der Waals surface area (Å²) in [5.41, 5.74) is 8.68. The van der Waals surface area contributed by atoms with Crippen molar-refractivity contribution in [3.8, 4) is 17.2 Å². The summed E-state index contributed by atoms with van der Waals surface area (Å²) in [5.74, 6) is 0.169. The van der Waals surface area contributed by atoms with Crippen LogP contribution in [0.25, 0.3) is 16.7 Å². The number of hydrogen-bond donors (Lipinski definition) is 0. The summed E-state index contributed by atoms with van der Waals surface area (Å²) in [6.45, 7) is 19.0. The molecular formula is C41H44N3O6+. The zero-order chi connectivity index (χ0) is 35.7. The zero-order valence-electron chi connectivity index (χ0n) is 30.1. The molecule has 9 heteroatoms. The lowest BCUT2D eigenvalue weighted by Gasteiger charge is -2.43. The van der Waals surface area contributed by atoms with Gasteiger partial charge < -0.3 is 19.2 Å². The van der Waals surface area contributed by atoms with Gasteiger partial charge in [-0.3, -0.25) is 9.59 Å². The van der Waals surface area contributed by atoms with Crippen molar-refractivity contribution in [2.24, 2.45) is 0 Å². The van der Waals surface area contributed by atoms with E-state index >= 15 is 0 Å². The highest BCUT2D eigenvalue weighted by atomic mass is 16.7. The van der Waals surface area contributed by atoms with E-state index in [-0.39, 0.29) is 23.9 Å². The Morgan fingerprint density at radius 1 is 0.860 bits per heavy atom. The molecule has 0 aromatic heterocycles. The van der Waals surface area contributed by atoms with Gasteiger partial charge in [0.1, 0.15) is 23.8 Å². The highest BCUT2D eigenvalue weighted by Gasteiger charge is 2.36. The van der Waals surface area contributed by atoms with Gasteiger partial charge >= 0.3 is 5.97 Å². The van der Waals surface area contributed by atoms with Crippen molar-refractivity contribution in [1.29, 1.82) is 0 Å². The van der Waals surface area contributed by atoms with Crippen molar-refractivity contribution in [3.05, 3.63) is 93.5 Å². The molecule has 0 unspecified atom stereocenters. The number of benzene rings is 3. The molecule has 1 fully saturated rings. The van der Waals surface area contributed by atoms with Crippen molar-refractivity contribution in [2.45, 2.75) is 79.3 Å². The number of carbonyl (C=O) groups excluding carboxylic acids is 3. The van der Waals surface area contributed by atoms with Gasteiger partial charge in [0.05, 0.1) is 11.6 Å². The molecule has 0 spiro atoms. The fraction of sp³-hybridized carbons (Fsp3) is 0.366. The maximum absolute atomic E-state index is 12.4. The van der Waals surface area contributed by atoms with Crippen LogP contribution >= 0.6 is 0 Å². The van der Waals surface area contributed by atoms with Gasteiger partial charge in [0, 0.05) is 72.5 Å². The minimum Gasteiger partial charge on any atom is -0.482 e. The first-order valence-corrected chi connectivity index (χ1v) is 17.4. The SMILES string of the molecule is CCN1c2cc3c(cc2C(C)=CC1(C)C)C(c1ccc(OCC(=O)ON2C(=O)CCC2=O)cc1)=c1cc2c(cc1O3)=[N+](CC)C(C)(C)C=C2C. The molecule has 258 valence electrons. The normalized spacial score (nSPS) is 18.4. The number of allylic oxidation sites excluding steroid dienone is 2. The predicted molar refractivity (Wildman–Crippen MR) is 193 cm³/mol. The Bertz CT molecular complexity index is 2160. The fourth-order valence-electron chi connectivity index (χ4n) is 8.14. The van der Waals surface area contributed by atoms with Crippen molar-refractivity contribution in [2.75, 3.05) is 24.6 Å². The van der Waals surface area contributed by atoms with E-state index < -0.39 is 24.4 Å². The van der Waals surface area contributed by atoms with Crippen molar-refractivity contribution >= 4 is 40.2 Å². The number of hydrogen-bond acceptors (Lipinski definition) is 7. The second kappa shape index (κ2) is 12.0. The highest BCUT2D eigenvalue weighted by molar-refractivity contribution is 6.01. The van der Waals surface area contributed by atoms with E-state index in [1.54, 1.807) is 0 Å². The van der Waals surface area contributed by atoms with Crippen LogP contribution in [0.15, 0.2) is 60.7 Å². The van der Waals surface area contributed by atoms with Gasteiger partial charge in [0.2, 0.25) is 5.36 Å². The van der Waals surface area contributed by atoms with E-state index in [9.17, 15) is 14.4 Å². The second-order valence-corrected chi connectivity index (χ2v) is 14.5. The van der Waals surface area contributed by atoms with Gasteiger partial charge in [-0.05, 0) is 88.6 Å². The zero-order valence-corrected chi connectivity index (χ0v) is 30.1. The molecule has 0 aliphatic carbocycles. The molecule has 2 amide bonds. The molecule has 50 heavy (non-hydrogen) atoms. The standard InChI is InChI=1S/C41H44N3O6/c1-9-42-32-19-34-30(17-28(32)24(3)21-40(42,5)6)39(31-18-29-25(4)22-41(7,8)43(10-2)33(29)20-35(31)49-34)26-11-13-27(14-12-26)48-23-38(47)50-44-36(45)15-16-37(44)46/h11-14,17-22H,9-10,15-16,23H2,1-8H3/q+1. The van der Waals surface area contributed by atoms with Crippen molar-refractivity contribution in [3.63, 3.8) is 0 Å². The van der Waals surface area contributed by atoms with Gasteiger partial charge in [-0.15, -0.1) is 5.06 Å². The number of fused-ring (bicyclic) bond motifs is 4. The van der Waals surface area contributed by atoms with Crippen LogP contribution < -0.4 is 29.5 Å². The third-order valence-corrected chi connectivity index (χ3v) is 10.2. The second-order valence-electron chi connectivity index (χ2n) is 14.5. The monoisotopic (exact) mass is 674 g/mol. The number of nitrogens with zero attached hydrogens (tertiary/aromatic N) is 3. The molecule has 3 aromatic carbocycles. The van der Waals surface area contributed by atoms with E-state index in [1.807, 2.05) is 24.3 Å². The van der Waals surface area contributed by atoms with E-state index in [1.165, 1.54) is 22.3 Å². The van der Waals surface area contributed by atoms with Crippen LogP contribution in [0, 0.1) is 0 Å². The summed E-state index contributed by atoms with van der Waals surface area (Å²) in [6, 6.07) is 16.5. The van der Waals surface area contributed by atoms with Crippen LogP contribution in [-0.4, -0.2) is 53.6 Å². The predicted octanol–water partition coefficient (Wildman–Crippen LogP) is 5.75. The Hall–Kier alpha value is -5.18. The molecule has 0 radical (unpaired) electrons. The Balaban J connectivity index is 1.35. The van der Waals surface area contributed by atoms with Crippen molar-refractivity contribution < 1.29 is 28.7 Å². The van der Waals surface area contributed by atoms with E-state index in [0.29, 0.717) is 10.8 Å². The third-order valence-electron chi connectivity index (χ3n) is 10.2. The molecular weight excluding hydrogens is 630 g/mol. The number of carbonyl (C=O) groups is 3. The maximum Gasteiger partial charge on any atom is 0.370 e. The average molecular weight is 675 g/mol. The Morgan fingerprint density at radius 3 is 2.20 bits per heavy atom. The highest BCUT2D eigenvalue weighted by Crippen LogP contribution is 2.46. The van der Waals surface area contributed by atoms with Gasteiger partial charge in [0.15, 0.2) is 12.1 Å². The Kier molecular flexibility index (Phi) is 8.00. The summed E-state index contributed by atoms with van der Waals surface area (Å²) >= 11 is 0. The lowest BCUT2D eigenvalue weighted by Crippen LogP contribution is -2.49. The number of imide groups is 1. The number of ether oxygens (including phenoxy) is 2. The summed E-state index contributed by atoms with van der Waals surface area (Å²) < 4.78 is 15.0. The largest absolute Gasteiger partial charge is 0.482 e. The quantitative estimate of drug-likeness (QED) is 0.182. The third kappa shape index (κ3) is 5.49. The number of hydroxylamine groups is 2.